The summed E-state index contributed by atoms with van der Waals surface area (Å²) in [7, 11) is 0. The molecule has 3 unspecified atom stereocenters. The molecular formula is C15H23Cl3N2. The molecule has 2 nitrogen and oxygen atoms in total. The fraction of sp³-hybridized carbons (Fsp3) is 0.600. The molecule has 1 aromatic carbocycles. The molecule has 1 saturated heterocycles. The molecular weight excluding hydrogens is 315 g/mol. The van der Waals surface area contributed by atoms with Gasteiger partial charge >= 0.3 is 0 Å². The van der Waals surface area contributed by atoms with E-state index in [0.717, 1.165) is 23.7 Å². The van der Waals surface area contributed by atoms with Crippen LogP contribution in [0.2, 0.25) is 10.0 Å². The highest BCUT2D eigenvalue weighted by Gasteiger charge is 2.27. The van der Waals surface area contributed by atoms with E-state index in [0.29, 0.717) is 17.0 Å². The van der Waals surface area contributed by atoms with Crippen molar-refractivity contribution in [3.05, 3.63) is 33.8 Å². The van der Waals surface area contributed by atoms with Gasteiger partial charge in [-0.1, -0.05) is 29.3 Å². The topological polar surface area (TPSA) is 29.3 Å². The zero-order chi connectivity index (χ0) is 14.0. The molecule has 5 heteroatoms. The zero-order valence-corrected chi connectivity index (χ0v) is 14.3. The summed E-state index contributed by atoms with van der Waals surface area (Å²) in [5.41, 5.74) is 7.20. The normalized spacial score (nSPS) is 22.9. The Bertz CT molecular complexity index is 437. The van der Waals surface area contributed by atoms with Crippen molar-refractivity contribution in [1.29, 1.82) is 0 Å². The van der Waals surface area contributed by atoms with Gasteiger partial charge in [-0.2, -0.15) is 0 Å². The van der Waals surface area contributed by atoms with Crippen molar-refractivity contribution >= 4 is 35.6 Å². The molecule has 0 spiro atoms. The van der Waals surface area contributed by atoms with Crippen LogP contribution in [-0.4, -0.2) is 24.0 Å². The minimum Gasteiger partial charge on any atom is -0.328 e. The minimum absolute atomic E-state index is 0. The molecule has 1 aliphatic rings. The SMILES string of the molecule is CC(N)C1CCCN(C(C)c2ccc(Cl)cc2Cl)C1.Cl. The molecule has 1 heterocycles. The molecule has 0 amide bonds. The largest absolute Gasteiger partial charge is 0.328 e. The van der Waals surface area contributed by atoms with Crippen molar-refractivity contribution in [1.82, 2.24) is 4.90 Å². The summed E-state index contributed by atoms with van der Waals surface area (Å²) < 4.78 is 0. The molecule has 114 valence electrons. The maximum absolute atomic E-state index is 6.31. The third-order valence-electron chi connectivity index (χ3n) is 4.19. The summed E-state index contributed by atoms with van der Waals surface area (Å²) >= 11 is 12.3. The lowest BCUT2D eigenvalue weighted by atomic mass is 9.90. The van der Waals surface area contributed by atoms with E-state index in [1.807, 2.05) is 18.2 Å². The van der Waals surface area contributed by atoms with Crippen molar-refractivity contribution in [2.45, 2.75) is 38.8 Å². The van der Waals surface area contributed by atoms with E-state index >= 15 is 0 Å². The van der Waals surface area contributed by atoms with Crippen LogP contribution in [0.15, 0.2) is 18.2 Å². The lowest BCUT2D eigenvalue weighted by Gasteiger charge is -2.38. The van der Waals surface area contributed by atoms with Crippen LogP contribution in [0.1, 0.15) is 38.3 Å². The molecule has 2 rings (SSSR count). The van der Waals surface area contributed by atoms with E-state index in [1.165, 1.54) is 12.8 Å². The summed E-state index contributed by atoms with van der Waals surface area (Å²) in [6, 6.07) is 6.33. The van der Waals surface area contributed by atoms with Gasteiger partial charge in [0.15, 0.2) is 0 Å². The third-order valence-corrected chi connectivity index (χ3v) is 4.76. The van der Waals surface area contributed by atoms with Crippen molar-refractivity contribution in [2.75, 3.05) is 13.1 Å². The van der Waals surface area contributed by atoms with Gasteiger partial charge in [0.1, 0.15) is 0 Å². The number of rotatable bonds is 3. The Kier molecular flexibility index (Phi) is 7.10. The molecule has 1 aromatic rings. The first-order valence-corrected chi connectivity index (χ1v) is 7.69. The average Bonchev–Trinajstić information content (AvgIpc) is 2.38. The molecule has 20 heavy (non-hydrogen) atoms. The van der Waals surface area contributed by atoms with Crippen LogP contribution in [0.3, 0.4) is 0 Å². The predicted molar refractivity (Wildman–Crippen MR) is 90.1 cm³/mol. The fourth-order valence-electron chi connectivity index (χ4n) is 2.86. The standard InChI is InChI=1S/C15H22Cl2N2.ClH/c1-10(18)12-4-3-7-19(9-12)11(2)14-6-5-13(16)8-15(14)17;/h5-6,8,10-12H,3-4,7,9,18H2,1-2H3;1H. The van der Waals surface area contributed by atoms with Crippen LogP contribution in [0.5, 0.6) is 0 Å². The molecule has 0 aliphatic carbocycles. The Morgan fingerprint density at radius 1 is 1.30 bits per heavy atom. The van der Waals surface area contributed by atoms with Gasteiger partial charge < -0.3 is 5.73 Å². The Labute approximate surface area is 138 Å². The smallest absolute Gasteiger partial charge is 0.0468 e. The first kappa shape index (κ1) is 18.1. The van der Waals surface area contributed by atoms with E-state index in [1.54, 1.807) is 0 Å². The summed E-state index contributed by atoms with van der Waals surface area (Å²) in [5.74, 6) is 0.585. The highest BCUT2D eigenvalue weighted by atomic mass is 35.5. The highest BCUT2D eigenvalue weighted by Crippen LogP contribution is 2.32. The molecule has 1 aliphatic heterocycles. The van der Waals surface area contributed by atoms with Crippen LogP contribution in [0.4, 0.5) is 0 Å². The van der Waals surface area contributed by atoms with E-state index in [4.69, 9.17) is 28.9 Å². The second-order valence-corrected chi connectivity index (χ2v) is 6.44. The van der Waals surface area contributed by atoms with Crippen LogP contribution in [0.25, 0.3) is 0 Å². The third kappa shape index (κ3) is 4.25. The number of hydrogen-bond acceptors (Lipinski definition) is 2. The van der Waals surface area contributed by atoms with E-state index in [9.17, 15) is 0 Å². The van der Waals surface area contributed by atoms with Gasteiger partial charge in [0.25, 0.3) is 0 Å². The number of nitrogens with two attached hydrogens (primary N) is 1. The Balaban J connectivity index is 0.00000200. The van der Waals surface area contributed by atoms with Gasteiger partial charge in [0.05, 0.1) is 0 Å². The van der Waals surface area contributed by atoms with Gasteiger partial charge in [0.2, 0.25) is 0 Å². The number of hydrogen-bond donors (Lipinski definition) is 1. The van der Waals surface area contributed by atoms with Crippen molar-refractivity contribution in [3.63, 3.8) is 0 Å². The quantitative estimate of drug-likeness (QED) is 0.877. The van der Waals surface area contributed by atoms with Crippen LogP contribution >= 0.6 is 35.6 Å². The van der Waals surface area contributed by atoms with Crippen LogP contribution in [0, 0.1) is 5.92 Å². The first-order chi connectivity index (χ1) is 8.99. The predicted octanol–water partition coefficient (Wildman–Crippen LogP) is 4.54. The molecule has 1 fully saturated rings. The molecule has 0 saturated carbocycles. The Morgan fingerprint density at radius 2 is 2.00 bits per heavy atom. The maximum Gasteiger partial charge on any atom is 0.0468 e. The van der Waals surface area contributed by atoms with Gasteiger partial charge in [-0.05, 0) is 56.8 Å². The van der Waals surface area contributed by atoms with Crippen molar-refractivity contribution in [3.8, 4) is 0 Å². The zero-order valence-electron chi connectivity index (χ0n) is 12.0. The van der Waals surface area contributed by atoms with Crippen LogP contribution in [-0.2, 0) is 0 Å². The van der Waals surface area contributed by atoms with Gasteiger partial charge in [-0.25, -0.2) is 0 Å². The van der Waals surface area contributed by atoms with E-state index < -0.39 is 0 Å². The van der Waals surface area contributed by atoms with Gasteiger partial charge in [-0.3, -0.25) is 4.90 Å². The number of nitrogens with zero attached hydrogens (tertiary/aromatic N) is 1. The summed E-state index contributed by atoms with van der Waals surface area (Å²) in [6.45, 7) is 6.48. The van der Waals surface area contributed by atoms with Crippen molar-refractivity contribution < 1.29 is 0 Å². The van der Waals surface area contributed by atoms with Crippen LogP contribution < -0.4 is 5.73 Å². The molecule has 0 aromatic heterocycles. The highest BCUT2D eigenvalue weighted by molar-refractivity contribution is 6.35. The molecule has 0 bridgehead atoms. The van der Waals surface area contributed by atoms with E-state index in [2.05, 4.69) is 18.7 Å². The summed E-state index contributed by atoms with van der Waals surface area (Å²) in [5, 5.41) is 1.44. The maximum atomic E-state index is 6.31. The molecule has 2 N–H and O–H groups in total. The van der Waals surface area contributed by atoms with Gasteiger partial charge in [0, 0.05) is 28.7 Å². The molecule has 0 radical (unpaired) electrons. The number of piperidine rings is 1. The number of benzene rings is 1. The lowest BCUT2D eigenvalue weighted by Crippen LogP contribution is -2.43. The lowest BCUT2D eigenvalue weighted by molar-refractivity contribution is 0.121. The summed E-state index contributed by atoms with van der Waals surface area (Å²) in [6.07, 6.45) is 2.44. The Morgan fingerprint density at radius 3 is 2.60 bits per heavy atom. The second kappa shape index (κ2) is 7.86. The monoisotopic (exact) mass is 336 g/mol. The second-order valence-electron chi connectivity index (χ2n) is 5.60. The number of halogens is 3. The minimum atomic E-state index is 0. The Hall–Kier alpha value is 0.01000. The summed E-state index contributed by atoms with van der Waals surface area (Å²) in [4.78, 5) is 2.48. The van der Waals surface area contributed by atoms with E-state index in [-0.39, 0.29) is 18.4 Å². The molecule has 3 atom stereocenters. The van der Waals surface area contributed by atoms with Gasteiger partial charge in [-0.15, -0.1) is 12.4 Å². The van der Waals surface area contributed by atoms with Crippen molar-refractivity contribution in [2.24, 2.45) is 11.7 Å². The fourth-order valence-corrected chi connectivity index (χ4v) is 3.42. The average molecular weight is 338 g/mol. The first-order valence-electron chi connectivity index (χ1n) is 6.93. The number of likely N-dealkylation sites (tertiary alicyclic amines) is 1.